The molecule has 1 amide bonds. The first-order chi connectivity index (χ1) is 17.7. The number of halogens is 1. The van der Waals surface area contributed by atoms with Gasteiger partial charge in [-0.15, -0.1) is 0 Å². The van der Waals surface area contributed by atoms with Crippen LogP contribution in [0.4, 0.5) is 5.13 Å². The Morgan fingerprint density at radius 2 is 1.78 bits per heavy atom. The van der Waals surface area contributed by atoms with E-state index in [1.165, 1.54) is 43.4 Å². The highest BCUT2D eigenvalue weighted by molar-refractivity contribution is 7.17. The van der Waals surface area contributed by atoms with Crippen molar-refractivity contribution in [2.45, 2.75) is 19.9 Å². The van der Waals surface area contributed by atoms with Gasteiger partial charge >= 0.3 is 5.97 Å². The number of ether oxygens (including phenoxy) is 3. The molecule has 0 bridgehead atoms. The zero-order chi connectivity index (χ0) is 26.9. The Bertz CT molecular complexity index is 1390. The fourth-order valence-corrected chi connectivity index (χ4v) is 5.33. The lowest BCUT2D eigenvalue weighted by molar-refractivity contribution is -0.135. The van der Waals surface area contributed by atoms with E-state index in [4.69, 9.17) is 25.8 Å². The Labute approximate surface area is 221 Å². The zero-order valence-corrected chi connectivity index (χ0v) is 22.0. The molecule has 3 aromatic rings. The van der Waals surface area contributed by atoms with Crippen molar-refractivity contribution in [3.63, 3.8) is 0 Å². The highest BCUT2D eigenvalue weighted by atomic mass is 35.5. The lowest BCUT2D eigenvalue weighted by Gasteiger charge is -2.26. The zero-order valence-electron chi connectivity index (χ0n) is 20.4. The number of aromatic nitrogens is 1. The van der Waals surface area contributed by atoms with Crippen LogP contribution in [0.2, 0.25) is 5.02 Å². The number of nitrogens with zero attached hydrogens (tertiary/aromatic N) is 2. The topological polar surface area (TPSA) is 112 Å². The number of rotatable bonds is 8. The Morgan fingerprint density at radius 3 is 2.41 bits per heavy atom. The van der Waals surface area contributed by atoms with Crippen molar-refractivity contribution in [1.82, 2.24) is 4.98 Å². The second-order valence-electron chi connectivity index (χ2n) is 8.08. The predicted octanol–water partition coefficient (Wildman–Crippen LogP) is 4.45. The molecule has 2 unspecified atom stereocenters. The van der Waals surface area contributed by atoms with E-state index in [1.54, 1.807) is 25.1 Å². The maximum Gasteiger partial charge on any atom is 0.350 e. The molecule has 0 aliphatic carbocycles. The molecule has 0 N–H and O–H groups in total. The third kappa shape index (κ3) is 4.82. The summed E-state index contributed by atoms with van der Waals surface area (Å²) in [6.07, 6.45) is 0. The van der Waals surface area contributed by atoms with Crippen LogP contribution in [0.1, 0.15) is 44.3 Å². The molecule has 11 heteroatoms. The Morgan fingerprint density at radius 1 is 1.08 bits per heavy atom. The Kier molecular flexibility index (Phi) is 7.60. The highest BCUT2D eigenvalue weighted by Gasteiger charge is 2.53. The molecule has 1 saturated heterocycles. The van der Waals surface area contributed by atoms with Gasteiger partial charge in [0.1, 0.15) is 10.8 Å². The van der Waals surface area contributed by atoms with E-state index >= 15 is 0 Å². The fraction of sp³-hybridized carbons (Fsp3) is 0.269. The summed E-state index contributed by atoms with van der Waals surface area (Å²) in [5, 5.41) is 0.522. The number of thiazole rings is 1. The molecule has 0 spiro atoms. The number of aryl methyl sites for hydroxylation is 1. The molecule has 4 rings (SSSR count). The van der Waals surface area contributed by atoms with Crippen LogP contribution in [-0.4, -0.2) is 49.3 Å². The summed E-state index contributed by atoms with van der Waals surface area (Å²) in [5.41, 5.74) is 1.02. The van der Waals surface area contributed by atoms with Crippen LogP contribution in [0.15, 0.2) is 42.5 Å². The molecule has 1 aliphatic heterocycles. The number of methoxy groups -OCH3 is 2. The van der Waals surface area contributed by atoms with Crippen LogP contribution >= 0.6 is 22.9 Å². The van der Waals surface area contributed by atoms with Crippen molar-refractivity contribution in [1.29, 1.82) is 0 Å². The maximum atomic E-state index is 13.6. The third-order valence-corrected chi connectivity index (χ3v) is 7.30. The molecular formula is C26H23ClN2O7S. The number of anilines is 1. The molecule has 0 radical (unpaired) electrons. The first kappa shape index (κ1) is 26.3. The van der Waals surface area contributed by atoms with E-state index < -0.39 is 35.4 Å². The van der Waals surface area contributed by atoms with Crippen molar-refractivity contribution in [2.24, 2.45) is 5.92 Å². The van der Waals surface area contributed by atoms with Crippen LogP contribution in [-0.2, 0) is 14.3 Å². The molecular weight excluding hydrogens is 520 g/mol. The van der Waals surface area contributed by atoms with Gasteiger partial charge in [0.05, 0.1) is 32.6 Å². The van der Waals surface area contributed by atoms with Crippen LogP contribution in [0.25, 0.3) is 0 Å². The van der Waals surface area contributed by atoms with Gasteiger partial charge in [0.25, 0.3) is 5.91 Å². The molecule has 1 fully saturated rings. The van der Waals surface area contributed by atoms with Gasteiger partial charge in [0, 0.05) is 10.6 Å². The summed E-state index contributed by atoms with van der Waals surface area (Å²) in [6, 6.07) is 9.97. The van der Waals surface area contributed by atoms with Crippen molar-refractivity contribution in [2.75, 3.05) is 25.7 Å². The first-order valence-corrected chi connectivity index (χ1v) is 12.4. The molecule has 2 heterocycles. The summed E-state index contributed by atoms with van der Waals surface area (Å²) in [6.45, 7) is 3.82. The van der Waals surface area contributed by atoms with E-state index in [1.807, 2.05) is 6.92 Å². The summed E-state index contributed by atoms with van der Waals surface area (Å²) < 4.78 is 15.9. The number of hydrogen-bond acceptors (Lipinski definition) is 9. The highest BCUT2D eigenvalue weighted by Crippen LogP contribution is 2.45. The van der Waals surface area contributed by atoms with Gasteiger partial charge in [-0.3, -0.25) is 19.3 Å². The van der Waals surface area contributed by atoms with Gasteiger partial charge in [-0.25, -0.2) is 9.78 Å². The van der Waals surface area contributed by atoms with Gasteiger partial charge in [0.15, 0.2) is 22.4 Å². The maximum absolute atomic E-state index is 13.6. The first-order valence-electron chi connectivity index (χ1n) is 11.2. The molecule has 1 aromatic heterocycles. The molecule has 0 saturated carbocycles. The molecule has 2 aromatic carbocycles. The average Bonchev–Trinajstić information content (AvgIpc) is 3.40. The van der Waals surface area contributed by atoms with Crippen LogP contribution in [0.3, 0.4) is 0 Å². The third-order valence-electron chi connectivity index (χ3n) is 5.91. The van der Waals surface area contributed by atoms with E-state index in [0.29, 0.717) is 34.4 Å². The number of amides is 1. The quantitative estimate of drug-likeness (QED) is 0.177. The van der Waals surface area contributed by atoms with Crippen LogP contribution in [0, 0.1) is 12.8 Å². The van der Waals surface area contributed by atoms with Crippen LogP contribution < -0.4 is 14.4 Å². The number of carbonyl (C=O) groups is 4. The summed E-state index contributed by atoms with van der Waals surface area (Å²) in [7, 11) is 2.70. The summed E-state index contributed by atoms with van der Waals surface area (Å²) in [4.78, 5) is 58.3. The second-order valence-corrected chi connectivity index (χ2v) is 9.49. The van der Waals surface area contributed by atoms with E-state index in [0.717, 1.165) is 11.3 Å². The molecule has 9 nitrogen and oxygen atoms in total. The summed E-state index contributed by atoms with van der Waals surface area (Å²) in [5.74, 6) is -3.49. The van der Waals surface area contributed by atoms with Crippen LogP contribution in [0.5, 0.6) is 11.5 Å². The Balaban J connectivity index is 1.89. The minimum absolute atomic E-state index is 0.0977. The standard InChI is InChI=1S/C26H23ClN2O7S/c1-5-36-17-11-8-15(12-18(17)34-3)20-19(21(30)14-6-9-16(27)10-7-14)22(31)24(32)29(20)26-28-13(2)23(37-26)25(33)35-4/h6-12,19-20H,5H2,1-4H3. The molecule has 37 heavy (non-hydrogen) atoms. The number of esters is 1. The fourth-order valence-electron chi connectivity index (χ4n) is 4.18. The lowest BCUT2D eigenvalue weighted by Crippen LogP contribution is -2.30. The number of ketones is 2. The lowest BCUT2D eigenvalue weighted by atomic mass is 9.86. The minimum Gasteiger partial charge on any atom is -0.493 e. The molecule has 192 valence electrons. The van der Waals surface area contributed by atoms with E-state index in [2.05, 4.69) is 4.98 Å². The van der Waals surface area contributed by atoms with Gasteiger partial charge in [-0.2, -0.15) is 0 Å². The van der Waals surface area contributed by atoms with Gasteiger partial charge in [-0.1, -0.05) is 29.0 Å². The number of benzene rings is 2. The molecule has 2 atom stereocenters. The monoisotopic (exact) mass is 542 g/mol. The van der Waals surface area contributed by atoms with Crippen molar-refractivity contribution in [3.8, 4) is 11.5 Å². The summed E-state index contributed by atoms with van der Waals surface area (Å²) >= 11 is 6.88. The smallest absolute Gasteiger partial charge is 0.350 e. The number of hydrogen-bond donors (Lipinski definition) is 0. The van der Waals surface area contributed by atoms with Gasteiger partial charge in [0.2, 0.25) is 5.78 Å². The molecule has 1 aliphatic rings. The SMILES string of the molecule is CCOc1ccc(C2C(C(=O)c3ccc(Cl)cc3)C(=O)C(=O)N2c2nc(C)c(C(=O)OC)s2)cc1OC. The number of Topliss-reactive ketones (excluding diaryl/α,β-unsaturated/α-hetero) is 2. The average molecular weight is 543 g/mol. The van der Waals surface area contributed by atoms with E-state index in [9.17, 15) is 19.2 Å². The van der Waals surface area contributed by atoms with Crippen molar-refractivity contribution >= 4 is 51.5 Å². The predicted molar refractivity (Wildman–Crippen MR) is 137 cm³/mol. The van der Waals surface area contributed by atoms with Gasteiger partial charge in [-0.05, 0) is 55.8 Å². The van der Waals surface area contributed by atoms with Crippen molar-refractivity contribution in [3.05, 3.63) is 69.2 Å². The normalized spacial score (nSPS) is 17.2. The second kappa shape index (κ2) is 10.7. The minimum atomic E-state index is -1.37. The number of carbonyl (C=O) groups excluding carboxylic acids is 4. The van der Waals surface area contributed by atoms with Crippen molar-refractivity contribution < 1.29 is 33.4 Å². The largest absolute Gasteiger partial charge is 0.493 e. The van der Waals surface area contributed by atoms with Gasteiger partial charge < -0.3 is 14.2 Å². The van der Waals surface area contributed by atoms with E-state index in [-0.39, 0.29) is 15.6 Å². The Hall–Kier alpha value is -3.76.